The van der Waals surface area contributed by atoms with Crippen LogP contribution in [0.3, 0.4) is 0 Å². The fourth-order valence-electron chi connectivity index (χ4n) is 8.73. The Morgan fingerprint density at radius 2 is 0.806 bits per heavy atom. The number of benzene rings is 8. The molecule has 8 aromatic carbocycles. The zero-order chi connectivity index (χ0) is 41.0. The maximum absolute atomic E-state index is 5.45. The van der Waals surface area contributed by atoms with E-state index in [1.165, 1.54) is 51.5 Å². The van der Waals surface area contributed by atoms with Crippen molar-refractivity contribution in [3.05, 3.63) is 213 Å². The maximum atomic E-state index is 5.45. The van der Waals surface area contributed by atoms with Gasteiger partial charge in [0.05, 0.1) is 11.4 Å². The van der Waals surface area contributed by atoms with Crippen LogP contribution in [0.2, 0.25) is 0 Å². The van der Waals surface area contributed by atoms with Gasteiger partial charge in [-0.2, -0.15) is 0 Å². The van der Waals surface area contributed by atoms with E-state index in [1.54, 1.807) is 0 Å². The second kappa shape index (κ2) is 15.2. The molecule has 62 heavy (non-hydrogen) atoms. The predicted molar refractivity (Wildman–Crippen MR) is 264 cm³/mol. The summed E-state index contributed by atoms with van der Waals surface area (Å²) in [6, 6.07) is 72.0. The zero-order valence-corrected chi connectivity index (χ0v) is 35.0. The first-order valence-corrected chi connectivity index (χ1v) is 22.4. The minimum atomic E-state index is 0.667. The van der Waals surface area contributed by atoms with Gasteiger partial charge in [0.15, 0.2) is 5.82 Å². The molecule has 4 heterocycles. The monoisotopic (exact) mass is 825 g/mol. The summed E-state index contributed by atoms with van der Waals surface area (Å²) in [5.41, 5.74) is 13.7. The number of pyridine rings is 1. The summed E-state index contributed by atoms with van der Waals surface area (Å²) in [6.07, 6.45) is 3.73. The van der Waals surface area contributed by atoms with E-state index in [4.69, 9.17) is 9.97 Å². The number of nitrogens with zero attached hydrogens (tertiary/aromatic N) is 3. The topological polar surface area (TPSA) is 38.7 Å². The molecule has 0 radical (unpaired) electrons. The highest BCUT2D eigenvalue weighted by atomic mass is 32.1. The second-order valence-electron chi connectivity index (χ2n) is 15.6. The molecular weight excluding hydrogens is 791 g/mol. The summed E-state index contributed by atoms with van der Waals surface area (Å²) in [4.78, 5) is 15.3. The first-order valence-electron chi connectivity index (χ1n) is 20.7. The van der Waals surface area contributed by atoms with Crippen LogP contribution in [0.25, 0.3) is 119 Å². The van der Waals surface area contributed by atoms with Gasteiger partial charge >= 0.3 is 0 Å². The second-order valence-corrected chi connectivity index (χ2v) is 17.8. The Morgan fingerprint density at radius 3 is 1.48 bits per heavy atom. The Kier molecular flexibility index (Phi) is 8.87. The number of rotatable bonds is 7. The maximum Gasteiger partial charge on any atom is 0.160 e. The van der Waals surface area contributed by atoms with Crippen LogP contribution in [-0.2, 0) is 0 Å². The quantitative estimate of drug-likeness (QED) is 0.161. The summed E-state index contributed by atoms with van der Waals surface area (Å²) in [6.45, 7) is 0. The highest BCUT2D eigenvalue weighted by molar-refractivity contribution is 7.26. The lowest BCUT2D eigenvalue weighted by Crippen LogP contribution is -1.98. The van der Waals surface area contributed by atoms with Crippen LogP contribution >= 0.6 is 22.7 Å². The van der Waals surface area contributed by atoms with Crippen LogP contribution in [0.15, 0.2) is 213 Å². The van der Waals surface area contributed by atoms with Crippen molar-refractivity contribution in [2.45, 2.75) is 0 Å². The molecule has 0 saturated heterocycles. The van der Waals surface area contributed by atoms with Crippen molar-refractivity contribution in [3.63, 3.8) is 0 Å². The predicted octanol–water partition coefficient (Wildman–Crippen LogP) is 16.3. The molecular formula is C57H35N3S2. The number of aromatic nitrogens is 3. The Morgan fingerprint density at radius 1 is 0.290 bits per heavy atom. The van der Waals surface area contributed by atoms with E-state index >= 15 is 0 Å². The van der Waals surface area contributed by atoms with Gasteiger partial charge in [-0.05, 0) is 112 Å². The first-order chi connectivity index (χ1) is 30.7. The fraction of sp³-hybridized carbons (Fsp3) is 0. The van der Waals surface area contributed by atoms with Crippen molar-refractivity contribution in [1.29, 1.82) is 0 Å². The standard InChI is InChI=1S/C57H35N3S2/c1-2-12-36(13-3-1)37-14-10-15-40(28-37)57-59-51(34-52(60-57)46-18-5-4-17-45(46)41-16-11-27-58-35-41)44-30-42(38-23-25-55-49(32-38)47-19-6-8-21-53(47)61-55)29-43(31-44)39-24-26-56-50(33-39)48-20-7-9-22-54(48)62-56/h1-35H. The Hall–Kier alpha value is -7.57. The highest BCUT2D eigenvalue weighted by Gasteiger charge is 2.18. The molecule has 0 N–H and O–H groups in total. The van der Waals surface area contributed by atoms with Crippen molar-refractivity contribution in [2.75, 3.05) is 0 Å². The summed E-state index contributed by atoms with van der Waals surface area (Å²) in [5, 5.41) is 5.13. The van der Waals surface area contributed by atoms with Gasteiger partial charge in [0.25, 0.3) is 0 Å². The first kappa shape index (κ1) is 36.3. The molecule has 0 aliphatic rings. The van der Waals surface area contributed by atoms with Crippen molar-refractivity contribution < 1.29 is 0 Å². The Bertz CT molecular complexity index is 3510. The smallest absolute Gasteiger partial charge is 0.160 e. The van der Waals surface area contributed by atoms with Gasteiger partial charge in [-0.15, -0.1) is 22.7 Å². The lowest BCUT2D eigenvalue weighted by molar-refractivity contribution is 1.18. The van der Waals surface area contributed by atoms with Crippen LogP contribution in [-0.4, -0.2) is 15.0 Å². The van der Waals surface area contributed by atoms with Gasteiger partial charge in [0.2, 0.25) is 0 Å². The van der Waals surface area contributed by atoms with Crippen molar-refractivity contribution >= 4 is 63.0 Å². The van der Waals surface area contributed by atoms with Gasteiger partial charge < -0.3 is 0 Å². The molecule has 4 aromatic heterocycles. The van der Waals surface area contributed by atoms with E-state index in [1.807, 2.05) is 41.1 Å². The van der Waals surface area contributed by atoms with Gasteiger partial charge in [0, 0.05) is 75.0 Å². The molecule has 0 amide bonds. The van der Waals surface area contributed by atoms with E-state index in [0.717, 1.165) is 61.5 Å². The molecule has 0 bridgehead atoms. The average Bonchev–Trinajstić information content (AvgIpc) is 3.92. The molecule has 0 fully saturated rings. The lowest BCUT2D eigenvalue weighted by Gasteiger charge is -2.15. The normalized spacial score (nSPS) is 11.5. The van der Waals surface area contributed by atoms with E-state index in [-0.39, 0.29) is 0 Å². The minimum absolute atomic E-state index is 0.667. The van der Waals surface area contributed by atoms with Gasteiger partial charge in [-0.25, -0.2) is 9.97 Å². The van der Waals surface area contributed by atoms with E-state index in [9.17, 15) is 0 Å². The molecule has 0 saturated carbocycles. The zero-order valence-electron chi connectivity index (χ0n) is 33.4. The Balaban J connectivity index is 1.10. The third kappa shape index (κ3) is 6.56. The van der Waals surface area contributed by atoms with Crippen molar-refractivity contribution in [3.8, 4) is 78.4 Å². The number of hydrogen-bond donors (Lipinski definition) is 0. The molecule has 3 nitrogen and oxygen atoms in total. The minimum Gasteiger partial charge on any atom is -0.264 e. The fourth-order valence-corrected chi connectivity index (χ4v) is 10.9. The number of thiophene rings is 2. The van der Waals surface area contributed by atoms with Crippen LogP contribution in [0.1, 0.15) is 0 Å². The van der Waals surface area contributed by atoms with Gasteiger partial charge in [0.1, 0.15) is 0 Å². The molecule has 0 aliphatic heterocycles. The molecule has 12 rings (SSSR count). The molecule has 290 valence electrons. The van der Waals surface area contributed by atoms with Crippen molar-refractivity contribution in [2.24, 2.45) is 0 Å². The Labute approximate surface area is 366 Å². The van der Waals surface area contributed by atoms with Gasteiger partial charge in [-0.1, -0.05) is 127 Å². The van der Waals surface area contributed by atoms with Gasteiger partial charge in [-0.3, -0.25) is 4.98 Å². The average molecular weight is 826 g/mol. The van der Waals surface area contributed by atoms with E-state index in [0.29, 0.717) is 5.82 Å². The third-order valence-corrected chi connectivity index (χ3v) is 14.1. The summed E-state index contributed by atoms with van der Waals surface area (Å²) in [7, 11) is 0. The van der Waals surface area contributed by atoms with Crippen LogP contribution < -0.4 is 0 Å². The summed E-state index contributed by atoms with van der Waals surface area (Å²) < 4.78 is 5.18. The molecule has 5 heteroatoms. The number of fused-ring (bicyclic) bond motifs is 6. The molecule has 0 spiro atoms. The van der Waals surface area contributed by atoms with Crippen LogP contribution in [0.5, 0.6) is 0 Å². The molecule has 0 unspecified atom stereocenters. The highest BCUT2D eigenvalue weighted by Crippen LogP contribution is 2.42. The van der Waals surface area contributed by atoms with Crippen molar-refractivity contribution in [1.82, 2.24) is 15.0 Å². The van der Waals surface area contributed by atoms with E-state index in [2.05, 4.69) is 199 Å². The SMILES string of the molecule is c1ccc(-c2cccc(-c3nc(-c4cc(-c5ccc6sc7ccccc7c6c5)cc(-c5ccc6sc7ccccc7c6c5)c4)cc(-c4ccccc4-c4cccnc4)n3)c2)cc1. The third-order valence-electron chi connectivity index (χ3n) is 11.8. The molecule has 12 aromatic rings. The van der Waals surface area contributed by atoms with Crippen LogP contribution in [0, 0.1) is 0 Å². The largest absolute Gasteiger partial charge is 0.264 e. The summed E-state index contributed by atoms with van der Waals surface area (Å²) in [5.74, 6) is 0.667. The lowest BCUT2D eigenvalue weighted by atomic mass is 9.93. The number of hydrogen-bond acceptors (Lipinski definition) is 5. The van der Waals surface area contributed by atoms with Crippen LogP contribution in [0.4, 0.5) is 0 Å². The van der Waals surface area contributed by atoms with E-state index < -0.39 is 0 Å². The molecule has 0 aliphatic carbocycles. The summed E-state index contributed by atoms with van der Waals surface area (Å²) >= 11 is 3.69. The molecule has 0 atom stereocenters.